The van der Waals surface area contributed by atoms with Gasteiger partial charge < -0.3 is 4.57 Å². The number of aromatic nitrogens is 1. The lowest BCUT2D eigenvalue weighted by Gasteiger charge is -2.03. The van der Waals surface area contributed by atoms with Crippen LogP contribution in [0.3, 0.4) is 0 Å². The van der Waals surface area contributed by atoms with E-state index in [1.54, 1.807) is 42.1 Å². The molecule has 0 atom stereocenters. The van der Waals surface area contributed by atoms with Crippen LogP contribution in [0.15, 0.2) is 51.9 Å². The van der Waals surface area contributed by atoms with Gasteiger partial charge in [0.2, 0.25) is 0 Å². The van der Waals surface area contributed by atoms with E-state index >= 15 is 0 Å². The molecule has 1 heterocycles. The minimum Gasteiger partial charge on any atom is -0.315 e. The van der Waals surface area contributed by atoms with E-state index in [0.717, 1.165) is 20.4 Å². The fourth-order valence-corrected chi connectivity index (χ4v) is 4.12. The third kappa shape index (κ3) is 4.05. The summed E-state index contributed by atoms with van der Waals surface area (Å²) in [6.45, 7) is 0.672. The highest BCUT2D eigenvalue weighted by atomic mass is 79.9. The molecule has 1 amide bonds. The predicted octanol–water partition coefficient (Wildman–Crippen LogP) is 4.48. The maximum Gasteiger partial charge on any atom is 0.279 e. The molecule has 3 aromatic rings. The van der Waals surface area contributed by atoms with Crippen LogP contribution < -0.4 is 4.80 Å². The summed E-state index contributed by atoms with van der Waals surface area (Å²) < 4.78 is 3.57. The molecule has 0 bridgehead atoms. The number of carbonyl (C=O) groups excluding carboxylic acids is 1. The number of fused-ring (bicyclic) bond motifs is 1. The third-order valence-corrected chi connectivity index (χ3v) is 5.85. The Balaban J connectivity index is 2.11. The van der Waals surface area contributed by atoms with Crippen LogP contribution in [-0.2, 0) is 6.54 Å². The number of aryl methyl sites for hydroxylation is 1. The van der Waals surface area contributed by atoms with Gasteiger partial charge in [-0.05, 0) is 36.6 Å². The molecule has 0 fully saturated rings. The molecule has 6 nitrogen and oxygen atoms in total. The van der Waals surface area contributed by atoms with Gasteiger partial charge in [-0.15, -0.1) is 0 Å². The van der Waals surface area contributed by atoms with Crippen LogP contribution in [0.4, 0.5) is 5.69 Å². The number of nitrogens with zero attached hydrogens (tertiary/aromatic N) is 3. The molecule has 9 heteroatoms. The minimum atomic E-state index is -0.421. The normalized spacial score (nSPS) is 11.8. The van der Waals surface area contributed by atoms with Crippen LogP contribution in [-0.4, -0.2) is 27.4 Å². The van der Waals surface area contributed by atoms with Gasteiger partial charge in [-0.3, -0.25) is 14.9 Å². The zero-order valence-electron chi connectivity index (χ0n) is 13.7. The van der Waals surface area contributed by atoms with E-state index in [1.165, 1.54) is 23.5 Å². The number of thioether (sulfide) groups is 1. The number of halogens is 1. The molecule has 0 aliphatic rings. The predicted molar refractivity (Wildman–Crippen MR) is 109 cm³/mol. The van der Waals surface area contributed by atoms with Crippen LogP contribution in [0.1, 0.15) is 10.4 Å². The Bertz CT molecular complexity index is 1040. The van der Waals surface area contributed by atoms with Crippen LogP contribution >= 0.6 is 39.0 Å². The Hall–Kier alpha value is -1.97. The lowest BCUT2D eigenvalue weighted by atomic mass is 10.2. The van der Waals surface area contributed by atoms with Gasteiger partial charge >= 0.3 is 0 Å². The van der Waals surface area contributed by atoms with Crippen molar-refractivity contribution >= 4 is 60.8 Å². The number of thiazole rings is 1. The molecule has 0 saturated carbocycles. The maximum atomic E-state index is 12.5. The van der Waals surface area contributed by atoms with Gasteiger partial charge in [-0.25, -0.2) is 0 Å². The van der Waals surface area contributed by atoms with E-state index in [2.05, 4.69) is 20.9 Å². The van der Waals surface area contributed by atoms with E-state index in [9.17, 15) is 14.9 Å². The highest BCUT2D eigenvalue weighted by Gasteiger charge is 2.13. The van der Waals surface area contributed by atoms with Crippen molar-refractivity contribution in [2.45, 2.75) is 6.54 Å². The van der Waals surface area contributed by atoms with Gasteiger partial charge in [0, 0.05) is 34.5 Å². The quantitative estimate of drug-likeness (QED) is 0.423. The summed E-state index contributed by atoms with van der Waals surface area (Å²) >= 11 is 6.31. The van der Waals surface area contributed by atoms with Gasteiger partial charge in [0.25, 0.3) is 11.6 Å². The fourth-order valence-electron chi connectivity index (χ4n) is 2.40. The van der Waals surface area contributed by atoms with Crippen LogP contribution in [0.2, 0.25) is 0 Å². The van der Waals surface area contributed by atoms with Crippen molar-refractivity contribution in [3.05, 3.63) is 67.4 Å². The smallest absolute Gasteiger partial charge is 0.279 e. The van der Waals surface area contributed by atoms with Gasteiger partial charge in [0.1, 0.15) is 0 Å². The molecule has 0 unspecified atom stereocenters. The molecule has 1 aromatic heterocycles. The molecule has 0 spiro atoms. The first-order valence-corrected chi connectivity index (χ1v) is 10.6. The maximum absolute atomic E-state index is 12.5. The monoisotopic (exact) mass is 451 g/mol. The number of hydrogen-bond donors (Lipinski definition) is 0. The van der Waals surface area contributed by atoms with E-state index in [-0.39, 0.29) is 11.6 Å². The van der Waals surface area contributed by atoms with Crippen LogP contribution in [0, 0.1) is 10.1 Å². The van der Waals surface area contributed by atoms with Crippen molar-refractivity contribution < 1.29 is 9.72 Å². The summed E-state index contributed by atoms with van der Waals surface area (Å²) in [5.74, 6) is 0.513. The summed E-state index contributed by atoms with van der Waals surface area (Å²) in [5.41, 5.74) is 1.37. The summed E-state index contributed by atoms with van der Waals surface area (Å²) in [6, 6.07) is 11.7. The molecule has 0 aliphatic heterocycles. The molecule has 134 valence electrons. The zero-order valence-corrected chi connectivity index (χ0v) is 16.9. The number of non-ortho nitro benzene ring substituents is 1. The molecule has 2 aromatic carbocycles. The van der Waals surface area contributed by atoms with Crippen molar-refractivity contribution in [3.8, 4) is 0 Å². The molecular formula is C17H14BrN3O3S2. The molecule has 26 heavy (non-hydrogen) atoms. The van der Waals surface area contributed by atoms with Crippen LogP contribution in [0.25, 0.3) is 10.2 Å². The van der Waals surface area contributed by atoms with Crippen LogP contribution in [0.5, 0.6) is 0 Å². The van der Waals surface area contributed by atoms with Gasteiger partial charge in [0.05, 0.1) is 15.1 Å². The van der Waals surface area contributed by atoms with Crippen molar-refractivity contribution in [1.29, 1.82) is 0 Å². The average molecular weight is 452 g/mol. The topological polar surface area (TPSA) is 77.5 Å². The van der Waals surface area contributed by atoms with Crippen molar-refractivity contribution in [2.24, 2.45) is 4.99 Å². The largest absolute Gasteiger partial charge is 0.315 e. The summed E-state index contributed by atoms with van der Waals surface area (Å²) in [4.78, 5) is 27.9. The molecule has 0 N–H and O–H groups in total. The Morgan fingerprint density at radius 2 is 2.04 bits per heavy atom. The van der Waals surface area contributed by atoms with Crippen molar-refractivity contribution in [1.82, 2.24) is 4.57 Å². The van der Waals surface area contributed by atoms with Gasteiger partial charge in [0.15, 0.2) is 4.80 Å². The van der Waals surface area contributed by atoms with E-state index in [1.807, 2.05) is 10.8 Å². The second-order valence-corrected chi connectivity index (χ2v) is 8.27. The number of nitro benzene ring substituents is 1. The number of nitro groups is 1. The summed E-state index contributed by atoms with van der Waals surface area (Å²) in [7, 11) is 0. The fraction of sp³-hybridized carbons (Fsp3) is 0.176. The highest BCUT2D eigenvalue weighted by molar-refractivity contribution is 9.10. The summed E-state index contributed by atoms with van der Waals surface area (Å²) in [6.07, 6.45) is 2.00. The van der Waals surface area contributed by atoms with Gasteiger partial charge in [-0.1, -0.05) is 27.3 Å². The van der Waals surface area contributed by atoms with E-state index < -0.39 is 4.92 Å². The first-order chi connectivity index (χ1) is 12.5. The number of rotatable bonds is 5. The second-order valence-electron chi connectivity index (χ2n) is 5.36. The van der Waals surface area contributed by atoms with E-state index in [4.69, 9.17) is 0 Å². The molecule has 3 rings (SSSR count). The first kappa shape index (κ1) is 18.8. The Morgan fingerprint density at radius 1 is 1.31 bits per heavy atom. The first-order valence-electron chi connectivity index (χ1n) is 7.61. The minimum absolute atomic E-state index is 0.0292. The SMILES string of the molecule is CSCCn1c(=NC(=O)c2ccc(Br)cc2)sc2cc([N+](=O)[O-])ccc21. The average Bonchev–Trinajstić information content (AvgIpc) is 2.96. The Morgan fingerprint density at radius 3 is 2.69 bits per heavy atom. The molecule has 0 saturated heterocycles. The molecular weight excluding hydrogens is 438 g/mol. The highest BCUT2D eigenvalue weighted by Crippen LogP contribution is 2.23. The summed E-state index contributed by atoms with van der Waals surface area (Å²) in [5, 5.41) is 11.0. The zero-order chi connectivity index (χ0) is 18.7. The lowest BCUT2D eigenvalue weighted by Crippen LogP contribution is -2.18. The van der Waals surface area contributed by atoms with Crippen molar-refractivity contribution in [2.75, 3.05) is 12.0 Å². The Kier molecular flexibility index (Phi) is 5.90. The molecule has 0 radical (unpaired) electrons. The number of carbonyl (C=O) groups is 1. The number of benzene rings is 2. The Labute approximate surface area is 165 Å². The standard InChI is InChI=1S/C17H14BrN3O3S2/c1-25-9-8-20-14-7-6-13(21(23)24)10-15(14)26-17(20)19-16(22)11-2-4-12(18)5-3-11/h2-7,10H,8-9H2,1H3. The van der Waals surface area contributed by atoms with Gasteiger partial charge in [-0.2, -0.15) is 16.8 Å². The lowest BCUT2D eigenvalue weighted by molar-refractivity contribution is -0.384. The number of hydrogen-bond acceptors (Lipinski definition) is 5. The van der Waals surface area contributed by atoms with E-state index in [0.29, 0.717) is 16.9 Å². The van der Waals surface area contributed by atoms with Crippen molar-refractivity contribution in [3.63, 3.8) is 0 Å². The number of amides is 1. The second kappa shape index (κ2) is 8.15. The molecule has 0 aliphatic carbocycles. The third-order valence-electron chi connectivity index (χ3n) is 3.68.